The van der Waals surface area contributed by atoms with E-state index in [0.717, 1.165) is 37.7 Å². The number of imide groups is 1. The standard InChI is InChI=1S/C27H35N5O4/c1-19(2)21-7-5-20(6-8-21)17-30-13-15-31(16-14-30)18-24(33)29-32-25(34)27(3,28-26(32)35)22-9-11-23(36-4)12-10-22/h5-12,19H,13-18H2,1-4H3,(H,28,35)(H,29,33). The first-order chi connectivity index (χ1) is 17.2. The minimum absolute atomic E-state index is 0.118. The van der Waals surface area contributed by atoms with Gasteiger partial charge < -0.3 is 10.1 Å². The van der Waals surface area contributed by atoms with Crippen LogP contribution in [-0.2, 0) is 21.7 Å². The number of rotatable bonds is 8. The van der Waals surface area contributed by atoms with Crippen LogP contribution in [0.15, 0.2) is 48.5 Å². The SMILES string of the molecule is COc1ccc(C2(C)NC(=O)N(NC(=O)CN3CCN(Cc4ccc(C(C)C)cc4)CC3)C2=O)cc1. The van der Waals surface area contributed by atoms with Gasteiger partial charge in [-0.3, -0.25) is 24.8 Å². The molecule has 0 aromatic heterocycles. The highest BCUT2D eigenvalue weighted by atomic mass is 16.5. The molecular weight excluding hydrogens is 458 g/mol. The Balaban J connectivity index is 1.27. The van der Waals surface area contributed by atoms with E-state index in [1.54, 1.807) is 38.3 Å². The number of hydrogen-bond acceptors (Lipinski definition) is 6. The molecule has 0 saturated carbocycles. The summed E-state index contributed by atoms with van der Waals surface area (Å²) in [7, 11) is 1.56. The highest BCUT2D eigenvalue weighted by Crippen LogP contribution is 2.29. The van der Waals surface area contributed by atoms with Gasteiger partial charge in [0.15, 0.2) is 0 Å². The summed E-state index contributed by atoms with van der Waals surface area (Å²) in [5.74, 6) is 0.245. The Bertz CT molecular complexity index is 1090. The van der Waals surface area contributed by atoms with Crippen LogP contribution in [0.4, 0.5) is 4.79 Å². The highest BCUT2D eigenvalue weighted by Gasteiger charge is 2.50. The quantitative estimate of drug-likeness (QED) is 0.549. The number of ether oxygens (including phenoxy) is 1. The number of nitrogens with one attached hydrogen (secondary N) is 2. The van der Waals surface area contributed by atoms with E-state index in [1.165, 1.54) is 11.1 Å². The zero-order valence-corrected chi connectivity index (χ0v) is 21.4. The molecule has 9 nitrogen and oxygen atoms in total. The van der Waals surface area contributed by atoms with Crippen molar-refractivity contribution in [2.45, 2.75) is 38.8 Å². The number of urea groups is 1. The van der Waals surface area contributed by atoms with Gasteiger partial charge in [0.1, 0.15) is 11.3 Å². The van der Waals surface area contributed by atoms with Crippen LogP contribution in [-0.4, -0.2) is 72.5 Å². The smallest absolute Gasteiger partial charge is 0.344 e. The van der Waals surface area contributed by atoms with Crippen molar-refractivity contribution in [3.05, 3.63) is 65.2 Å². The van der Waals surface area contributed by atoms with Crippen LogP contribution in [0.3, 0.4) is 0 Å². The van der Waals surface area contributed by atoms with Crippen LogP contribution in [0.1, 0.15) is 43.4 Å². The van der Waals surface area contributed by atoms with Gasteiger partial charge in [0.2, 0.25) is 0 Å². The number of benzene rings is 2. The first kappa shape index (κ1) is 25.7. The zero-order chi connectivity index (χ0) is 25.9. The molecule has 2 aromatic rings. The van der Waals surface area contributed by atoms with Crippen molar-refractivity contribution in [1.29, 1.82) is 0 Å². The van der Waals surface area contributed by atoms with Gasteiger partial charge >= 0.3 is 6.03 Å². The molecule has 4 rings (SSSR count). The van der Waals surface area contributed by atoms with Crippen molar-refractivity contribution >= 4 is 17.8 Å². The molecule has 2 aliphatic rings. The minimum atomic E-state index is -1.27. The summed E-state index contributed by atoms with van der Waals surface area (Å²) in [5.41, 5.74) is 4.45. The first-order valence-corrected chi connectivity index (χ1v) is 12.3. The summed E-state index contributed by atoms with van der Waals surface area (Å²) in [6.07, 6.45) is 0. The highest BCUT2D eigenvalue weighted by molar-refractivity contribution is 6.08. The second-order valence-corrected chi connectivity index (χ2v) is 9.91. The van der Waals surface area contributed by atoms with E-state index in [4.69, 9.17) is 4.74 Å². The molecule has 1 atom stereocenters. The topological polar surface area (TPSA) is 94.2 Å². The summed E-state index contributed by atoms with van der Waals surface area (Å²) < 4.78 is 5.16. The summed E-state index contributed by atoms with van der Waals surface area (Å²) in [4.78, 5) is 42.7. The lowest BCUT2D eigenvalue weighted by molar-refractivity contribution is -0.139. The number of carbonyl (C=O) groups is 3. The van der Waals surface area contributed by atoms with Crippen LogP contribution in [0, 0.1) is 0 Å². The predicted octanol–water partition coefficient (Wildman–Crippen LogP) is 2.43. The van der Waals surface area contributed by atoms with Gasteiger partial charge in [-0.1, -0.05) is 50.2 Å². The molecule has 192 valence electrons. The molecule has 0 bridgehead atoms. The Hall–Kier alpha value is -3.43. The van der Waals surface area contributed by atoms with Gasteiger partial charge in [-0.15, -0.1) is 0 Å². The molecule has 2 aromatic carbocycles. The number of nitrogens with zero attached hydrogens (tertiary/aromatic N) is 3. The summed E-state index contributed by atoms with van der Waals surface area (Å²) in [6, 6.07) is 15.0. The second-order valence-electron chi connectivity index (χ2n) is 9.91. The van der Waals surface area contributed by atoms with Crippen molar-refractivity contribution in [3.63, 3.8) is 0 Å². The third-order valence-electron chi connectivity index (χ3n) is 6.98. The number of amides is 4. The van der Waals surface area contributed by atoms with Crippen molar-refractivity contribution in [3.8, 4) is 5.75 Å². The molecule has 9 heteroatoms. The maximum absolute atomic E-state index is 13.1. The maximum atomic E-state index is 13.1. The van der Waals surface area contributed by atoms with E-state index in [2.05, 4.69) is 53.8 Å². The Kier molecular flexibility index (Phi) is 7.61. The molecule has 2 N–H and O–H groups in total. The number of hydrazine groups is 1. The van der Waals surface area contributed by atoms with Crippen LogP contribution >= 0.6 is 0 Å². The molecule has 2 aliphatic heterocycles. The fourth-order valence-electron chi connectivity index (χ4n) is 4.60. The van der Waals surface area contributed by atoms with E-state index in [9.17, 15) is 14.4 Å². The van der Waals surface area contributed by atoms with Gasteiger partial charge in [0, 0.05) is 32.7 Å². The first-order valence-electron chi connectivity index (χ1n) is 12.3. The fraction of sp³-hybridized carbons (Fsp3) is 0.444. The normalized spacial score (nSPS) is 21.1. The van der Waals surface area contributed by atoms with Gasteiger partial charge in [-0.25, -0.2) is 4.79 Å². The summed E-state index contributed by atoms with van der Waals surface area (Å²) >= 11 is 0. The number of hydrogen-bond donors (Lipinski definition) is 2. The Morgan fingerprint density at radius 2 is 1.61 bits per heavy atom. The Morgan fingerprint density at radius 3 is 2.19 bits per heavy atom. The van der Waals surface area contributed by atoms with E-state index in [0.29, 0.717) is 17.2 Å². The second kappa shape index (κ2) is 10.7. The molecule has 2 fully saturated rings. The van der Waals surface area contributed by atoms with E-state index in [1.807, 2.05) is 4.90 Å². The van der Waals surface area contributed by atoms with Crippen LogP contribution < -0.4 is 15.5 Å². The molecule has 0 spiro atoms. The average Bonchev–Trinajstić information content (AvgIpc) is 3.09. The lowest BCUT2D eigenvalue weighted by Gasteiger charge is -2.34. The largest absolute Gasteiger partial charge is 0.497 e. The van der Waals surface area contributed by atoms with Crippen molar-refractivity contribution in [1.82, 2.24) is 25.6 Å². The zero-order valence-electron chi connectivity index (χ0n) is 21.4. The molecule has 4 amide bonds. The number of carbonyl (C=O) groups excluding carboxylic acids is 3. The Morgan fingerprint density at radius 1 is 1.00 bits per heavy atom. The Labute approximate surface area is 212 Å². The van der Waals surface area contributed by atoms with E-state index >= 15 is 0 Å². The van der Waals surface area contributed by atoms with Gasteiger partial charge in [-0.2, -0.15) is 5.01 Å². The van der Waals surface area contributed by atoms with Crippen LogP contribution in [0.5, 0.6) is 5.75 Å². The fourth-order valence-corrected chi connectivity index (χ4v) is 4.60. The van der Waals surface area contributed by atoms with Gasteiger partial charge in [0.25, 0.3) is 11.8 Å². The number of piperazine rings is 1. The molecule has 2 saturated heterocycles. The van der Waals surface area contributed by atoms with Crippen LogP contribution in [0.25, 0.3) is 0 Å². The maximum Gasteiger partial charge on any atom is 0.344 e. The molecule has 2 heterocycles. The lowest BCUT2D eigenvalue weighted by Crippen LogP contribution is -2.53. The van der Waals surface area contributed by atoms with Crippen LogP contribution in [0.2, 0.25) is 0 Å². The summed E-state index contributed by atoms with van der Waals surface area (Å²) in [6.45, 7) is 10.2. The third kappa shape index (κ3) is 5.52. The molecule has 1 unspecified atom stereocenters. The predicted molar refractivity (Wildman–Crippen MR) is 136 cm³/mol. The van der Waals surface area contributed by atoms with Gasteiger partial charge in [-0.05, 0) is 41.7 Å². The molecule has 36 heavy (non-hydrogen) atoms. The van der Waals surface area contributed by atoms with E-state index < -0.39 is 23.4 Å². The van der Waals surface area contributed by atoms with Gasteiger partial charge in [0.05, 0.1) is 13.7 Å². The average molecular weight is 494 g/mol. The van der Waals surface area contributed by atoms with Crippen molar-refractivity contribution in [2.24, 2.45) is 0 Å². The molecule has 0 radical (unpaired) electrons. The van der Waals surface area contributed by atoms with E-state index in [-0.39, 0.29) is 6.54 Å². The molecular formula is C27H35N5O4. The lowest BCUT2D eigenvalue weighted by atomic mass is 9.92. The summed E-state index contributed by atoms with van der Waals surface area (Å²) in [5, 5.41) is 3.47. The molecule has 0 aliphatic carbocycles. The number of methoxy groups -OCH3 is 1. The van der Waals surface area contributed by atoms with Crippen molar-refractivity contribution in [2.75, 3.05) is 39.8 Å². The van der Waals surface area contributed by atoms with Crippen molar-refractivity contribution < 1.29 is 19.1 Å². The third-order valence-corrected chi connectivity index (χ3v) is 6.98. The monoisotopic (exact) mass is 493 g/mol. The minimum Gasteiger partial charge on any atom is -0.497 e.